The Morgan fingerprint density at radius 1 is 1.31 bits per heavy atom. The Kier molecular flexibility index (Phi) is 6.03. The predicted octanol–water partition coefficient (Wildman–Crippen LogP) is -0.0343. The molecule has 0 N–H and O–H groups in total. The quantitative estimate of drug-likeness (QED) is 0.720. The summed E-state index contributed by atoms with van der Waals surface area (Å²) in [7, 11) is 0. The fourth-order valence-corrected chi connectivity index (χ4v) is 2.69. The van der Waals surface area contributed by atoms with Crippen molar-refractivity contribution in [3.63, 3.8) is 0 Å². The smallest absolute Gasteiger partial charge is 0.164 e. The van der Waals surface area contributed by atoms with Crippen LogP contribution >= 0.6 is 23.4 Å². The average Bonchev–Trinajstić information content (AvgIpc) is 2.68. The van der Waals surface area contributed by atoms with E-state index in [4.69, 9.17) is 11.6 Å². The van der Waals surface area contributed by atoms with E-state index in [2.05, 4.69) is 9.89 Å². The number of para-hydroxylation sites is 1. The van der Waals surface area contributed by atoms with E-state index in [1.807, 2.05) is 30.3 Å². The molecule has 1 aromatic carbocycles. The number of halogens is 2. The standard InChI is InChI=1S/C11H13ClN2S.ClH/c12-6-7-14-8-9-15-11(14)13-10-4-2-1-3-5-10;/h1-5H,6-9H2;1H/p-1. The predicted molar refractivity (Wildman–Crippen MR) is 68.3 cm³/mol. The number of alkyl halides is 1. The van der Waals surface area contributed by atoms with Gasteiger partial charge in [0.05, 0.1) is 5.69 Å². The summed E-state index contributed by atoms with van der Waals surface area (Å²) in [6.45, 7) is 1.95. The van der Waals surface area contributed by atoms with Gasteiger partial charge in [0.15, 0.2) is 5.17 Å². The van der Waals surface area contributed by atoms with Crippen molar-refractivity contribution in [1.82, 2.24) is 4.90 Å². The van der Waals surface area contributed by atoms with Crippen molar-refractivity contribution in [3.05, 3.63) is 30.3 Å². The summed E-state index contributed by atoms with van der Waals surface area (Å²) in [5.41, 5.74) is 1.02. The largest absolute Gasteiger partial charge is 1.00 e. The van der Waals surface area contributed by atoms with Gasteiger partial charge >= 0.3 is 0 Å². The van der Waals surface area contributed by atoms with Crippen molar-refractivity contribution < 1.29 is 12.4 Å². The summed E-state index contributed by atoms with van der Waals surface area (Å²) in [4.78, 5) is 6.85. The van der Waals surface area contributed by atoms with Crippen molar-refractivity contribution in [2.45, 2.75) is 0 Å². The lowest BCUT2D eigenvalue weighted by Gasteiger charge is -2.15. The van der Waals surface area contributed by atoms with Crippen LogP contribution in [0, 0.1) is 0 Å². The molecule has 0 aliphatic carbocycles. The number of thioether (sulfide) groups is 1. The number of hydrogen-bond acceptors (Lipinski definition) is 2. The van der Waals surface area contributed by atoms with Crippen LogP contribution in [-0.4, -0.2) is 34.8 Å². The fraction of sp³-hybridized carbons (Fsp3) is 0.364. The Morgan fingerprint density at radius 3 is 2.75 bits per heavy atom. The van der Waals surface area contributed by atoms with Gasteiger partial charge in [-0.15, -0.1) is 11.6 Å². The molecule has 2 nitrogen and oxygen atoms in total. The second kappa shape index (κ2) is 7.05. The SMILES string of the molecule is ClCCN1CCSC1=Nc1ccccc1.[Cl-]. The molecule has 5 heteroatoms. The minimum atomic E-state index is 0. The van der Waals surface area contributed by atoms with Crippen LogP contribution in [0.2, 0.25) is 0 Å². The zero-order valence-electron chi connectivity index (χ0n) is 8.77. The molecule has 0 aromatic heterocycles. The molecule has 88 valence electrons. The molecule has 2 rings (SSSR count). The van der Waals surface area contributed by atoms with Gasteiger partial charge in [-0.3, -0.25) is 0 Å². The molecule has 0 amide bonds. The lowest BCUT2D eigenvalue weighted by Crippen LogP contribution is -3.00. The summed E-state index contributed by atoms with van der Waals surface area (Å²) in [6.07, 6.45) is 0. The van der Waals surface area contributed by atoms with Gasteiger partial charge in [-0.2, -0.15) is 0 Å². The van der Waals surface area contributed by atoms with Crippen LogP contribution in [0.1, 0.15) is 0 Å². The average molecular weight is 276 g/mol. The Labute approximate surface area is 111 Å². The Morgan fingerprint density at radius 2 is 2.06 bits per heavy atom. The summed E-state index contributed by atoms with van der Waals surface area (Å²) >= 11 is 7.55. The monoisotopic (exact) mass is 275 g/mol. The Balaban J connectivity index is 0.00000128. The van der Waals surface area contributed by atoms with Crippen LogP contribution < -0.4 is 12.4 Å². The minimum absolute atomic E-state index is 0. The van der Waals surface area contributed by atoms with Crippen molar-refractivity contribution in [2.24, 2.45) is 4.99 Å². The van der Waals surface area contributed by atoms with Gasteiger partial charge in [0.1, 0.15) is 0 Å². The molecule has 1 aliphatic rings. The van der Waals surface area contributed by atoms with E-state index in [-0.39, 0.29) is 12.4 Å². The molecule has 0 unspecified atom stereocenters. The van der Waals surface area contributed by atoms with Gasteiger partial charge < -0.3 is 17.3 Å². The molecule has 16 heavy (non-hydrogen) atoms. The highest BCUT2D eigenvalue weighted by molar-refractivity contribution is 8.14. The van der Waals surface area contributed by atoms with E-state index in [0.717, 1.165) is 29.7 Å². The number of amidine groups is 1. The second-order valence-corrected chi connectivity index (χ2v) is 4.69. The maximum atomic E-state index is 5.74. The van der Waals surface area contributed by atoms with Gasteiger partial charge in [0.25, 0.3) is 0 Å². The first kappa shape index (κ1) is 13.7. The molecule has 0 saturated carbocycles. The van der Waals surface area contributed by atoms with Crippen LogP contribution in [0.15, 0.2) is 35.3 Å². The molecule has 0 bridgehead atoms. The van der Waals surface area contributed by atoms with Crippen molar-refractivity contribution >= 4 is 34.2 Å². The zero-order chi connectivity index (χ0) is 10.5. The zero-order valence-corrected chi connectivity index (χ0v) is 11.1. The molecular weight excluding hydrogens is 263 g/mol. The normalized spacial score (nSPS) is 17.6. The van der Waals surface area contributed by atoms with Crippen LogP contribution in [-0.2, 0) is 0 Å². The number of rotatable bonds is 3. The number of hydrogen-bond donors (Lipinski definition) is 0. The highest BCUT2D eigenvalue weighted by Gasteiger charge is 2.18. The van der Waals surface area contributed by atoms with E-state index < -0.39 is 0 Å². The molecule has 1 aromatic rings. The maximum Gasteiger partial charge on any atom is 0.164 e. The second-order valence-electron chi connectivity index (χ2n) is 3.25. The van der Waals surface area contributed by atoms with Gasteiger partial charge in [-0.1, -0.05) is 30.0 Å². The van der Waals surface area contributed by atoms with E-state index in [1.165, 1.54) is 0 Å². The summed E-state index contributed by atoms with van der Waals surface area (Å²) < 4.78 is 0. The molecule has 1 fully saturated rings. The topological polar surface area (TPSA) is 15.6 Å². The van der Waals surface area contributed by atoms with E-state index in [1.54, 1.807) is 11.8 Å². The van der Waals surface area contributed by atoms with Gasteiger partial charge in [-0.05, 0) is 12.1 Å². The van der Waals surface area contributed by atoms with Gasteiger partial charge in [0.2, 0.25) is 0 Å². The van der Waals surface area contributed by atoms with Crippen LogP contribution in [0.3, 0.4) is 0 Å². The molecule has 1 saturated heterocycles. The number of benzene rings is 1. The molecule has 1 heterocycles. The summed E-state index contributed by atoms with van der Waals surface area (Å²) in [6, 6.07) is 10.0. The molecule has 0 spiro atoms. The molecule has 0 radical (unpaired) electrons. The molecular formula is C11H13Cl2N2S-. The fourth-order valence-electron chi connectivity index (χ4n) is 1.46. The lowest BCUT2D eigenvalue weighted by molar-refractivity contribution is -0.00000294. The number of nitrogens with zero attached hydrogens (tertiary/aromatic N) is 2. The highest BCUT2D eigenvalue weighted by Crippen LogP contribution is 2.22. The van der Waals surface area contributed by atoms with E-state index in [9.17, 15) is 0 Å². The minimum Gasteiger partial charge on any atom is -1.00 e. The third-order valence-corrected chi connectivity index (χ3v) is 3.36. The first-order valence-electron chi connectivity index (χ1n) is 4.97. The van der Waals surface area contributed by atoms with Crippen molar-refractivity contribution in [2.75, 3.05) is 24.7 Å². The van der Waals surface area contributed by atoms with Crippen molar-refractivity contribution in [1.29, 1.82) is 0 Å². The van der Waals surface area contributed by atoms with Gasteiger partial charge in [0, 0.05) is 24.7 Å². The number of aliphatic imine (C=N–C) groups is 1. The third-order valence-electron chi connectivity index (χ3n) is 2.20. The van der Waals surface area contributed by atoms with Crippen LogP contribution in [0.5, 0.6) is 0 Å². The van der Waals surface area contributed by atoms with Crippen LogP contribution in [0.25, 0.3) is 0 Å². The lowest BCUT2D eigenvalue weighted by atomic mass is 10.3. The van der Waals surface area contributed by atoms with Crippen molar-refractivity contribution in [3.8, 4) is 0 Å². The molecule has 1 aliphatic heterocycles. The Bertz CT molecular complexity index is 343. The third kappa shape index (κ3) is 3.58. The van der Waals surface area contributed by atoms with Gasteiger partial charge in [-0.25, -0.2) is 4.99 Å². The summed E-state index contributed by atoms with van der Waals surface area (Å²) in [5, 5.41) is 1.10. The van der Waals surface area contributed by atoms with E-state index in [0.29, 0.717) is 5.88 Å². The first-order chi connectivity index (χ1) is 7.40. The maximum absolute atomic E-state index is 5.74. The Hall–Kier alpha value is -0.380. The highest BCUT2D eigenvalue weighted by atomic mass is 35.5. The van der Waals surface area contributed by atoms with Crippen LogP contribution in [0.4, 0.5) is 5.69 Å². The first-order valence-corrected chi connectivity index (χ1v) is 6.49. The van der Waals surface area contributed by atoms with E-state index >= 15 is 0 Å². The summed E-state index contributed by atoms with van der Waals surface area (Å²) in [5.74, 6) is 1.77. The molecule has 0 atom stereocenters.